The van der Waals surface area contributed by atoms with Crippen LogP contribution in [0.25, 0.3) is 0 Å². The molecule has 0 aliphatic carbocycles. The molecule has 2 heterocycles. The molecule has 2 N–H and O–H groups in total. The lowest BCUT2D eigenvalue weighted by Gasteiger charge is -2.46. The van der Waals surface area contributed by atoms with Crippen molar-refractivity contribution in [2.24, 2.45) is 4.99 Å². The van der Waals surface area contributed by atoms with Gasteiger partial charge in [-0.2, -0.15) is 0 Å². The fourth-order valence-corrected chi connectivity index (χ4v) is 4.92. The molecule has 2 aliphatic rings. The largest absolute Gasteiger partial charge is 0.507 e. The van der Waals surface area contributed by atoms with Crippen molar-refractivity contribution in [2.45, 2.75) is 50.9 Å². The van der Waals surface area contributed by atoms with E-state index in [0.29, 0.717) is 34.5 Å². The SMILES string of the molecule is COc1ccc(C2CC(c3cc(Cl)ccc3O)=NC3(CCN(C(C)C)CC3)N2)cc1OC. The number of methoxy groups -OCH3 is 2. The molecule has 0 bridgehead atoms. The van der Waals surface area contributed by atoms with Gasteiger partial charge in [-0.3, -0.25) is 10.3 Å². The lowest BCUT2D eigenvalue weighted by Crippen LogP contribution is -2.56. The van der Waals surface area contributed by atoms with E-state index in [-0.39, 0.29) is 17.5 Å². The lowest BCUT2D eigenvalue weighted by molar-refractivity contribution is 0.103. The molecule has 2 aromatic rings. The van der Waals surface area contributed by atoms with Crippen LogP contribution in [-0.4, -0.2) is 54.7 Å². The molecule has 4 rings (SSSR count). The minimum absolute atomic E-state index is 0.0197. The predicted octanol–water partition coefficient (Wildman–Crippen LogP) is 4.79. The van der Waals surface area contributed by atoms with Gasteiger partial charge in [-0.05, 0) is 62.6 Å². The molecule has 0 aromatic heterocycles. The zero-order chi connectivity index (χ0) is 22.9. The molecule has 6 nitrogen and oxygen atoms in total. The van der Waals surface area contributed by atoms with Crippen molar-refractivity contribution in [3.8, 4) is 17.2 Å². The third-order valence-corrected chi connectivity index (χ3v) is 6.86. The highest BCUT2D eigenvalue weighted by atomic mass is 35.5. The van der Waals surface area contributed by atoms with Crippen LogP contribution in [0.1, 0.15) is 50.3 Å². The van der Waals surface area contributed by atoms with E-state index in [9.17, 15) is 5.11 Å². The monoisotopic (exact) mass is 457 g/mol. The standard InChI is InChI=1S/C25H32ClN3O3/c1-16(2)29-11-9-25(10-12-29)27-20(17-5-8-23(31-3)24(13-17)32-4)15-21(28-25)19-14-18(26)6-7-22(19)30/h5-8,13-14,16,20,27,30H,9-12,15H2,1-4H3. The van der Waals surface area contributed by atoms with E-state index in [1.165, 1.54) is 0 Å². The summed E-state index contributed by atoms with van der Waals surface area (Å²) in [7, 11) is 3.29. The number of hydrogen-bond donors (Lipinski definition) is 2. The van der Waals surface area contributed by atoms with Crippen molar-refractivity contribution in [3.05, 3.63) is 52.5 Å². The second kappa shape index (κ2) is 9.30. The number of halogens is 1. The average Bonchev–Trinajstić information content (AvgIpc) is 2.80. The maximum Gasteiger partial charge on any atom is 0.161 e. The third-order valence-electron chi connectivity index (χ3n) is 6.62. The molecule has 1 atom stereocenters. The van der Waals surface area contributed by atoms with Crippen molar-refractivity contribution in [3.63, 3.8) is 0 Å². The Morgan fingerprint density at radius 2 is 1.81 bits per heavy atom. The number of nitrogens with one attached hydrogen (secondary N) is 1. The number of rotatable bonds is 5. The topological polar surface area (TPSA) is 66.3 Å². The minimum Gasteiger partial charge on any atom is -0.507 e. The van der Waals surface area contributed by atoms with Crippen LogP contribution in [0.3, 0.4) is 0 Å². The molecule has 1 saturated heterocycles. The fraction of sp³-hybridized carbons (Fsp3) is 0.480. The van der Waals surface area contributed by atoms with Gasteiger partial charge in [0, 0.05) is 47.9 Å². The van der Waals surface area contributed by atoms with Crippen LogP contribution >= 0.6 is 11.6 Å². The number of aliphatic imine (C=N–C) groups is 1. The van der Waals surface area contributed by atoms with Gasteiger partial charge in [0.25, 0.3) is 0 Å². The van der Waals surface area contributed by atoms with Gasteiger partial charge in [0.2, 0.25) is 0 Å². The van der Waals surface area contributed by atoms with Crippen LogP contribution in [0.5, 0.6) is 17.2 Å². The molecule has 0 amide bonds. The van der Waals surface area contributed by atoms with Crippen molar-refractivity contribution in [1.82, 2.24) is 10.2 Å². The van der Waals surface area contributed by atoms with Gasteiger partial charge in [0.05, 0.1) is 14.2 Å². The molecule has 0 radical (unpaired) electrons. The normalized spacial score (nSPS) is 20.9. The minimum atomic E-state index is -0.383. The second-order valence-corrected chi connectivity index (χ2v) is 9.33. The zero-order valence-electron chi connectivity index (χ0n) is 19.2. The Kier molecular flexibility index (Phi) is 6.65. The van der Waals surface area contributed by atoms with E-state index in [4.69, 9.17) is 26.1 Å². The summed E-state index contributed by atoms with van der Waals surface area (Å²) in [6.45, 7) is 6.41. The lowest BCUT2D eigenvalue weighted by atomic mass is 9.87. The molecule has 2 aromatic carbocycles. The number of ether oxygens (including phenoxy) is 2. The van der Waals surface area contributed by atoms with Gasteiger partial charge in [0.15, 0.2) is 11.5 Å². The molecule has 1 unspecified atom stereocenters. The smallest absolute Gasteiger partial charge is 0.161 e. The molecule has 0 saturated carbocycles. The number of benzene rings is 2. The molecule has 7 heteroatoms. The number of hydrogen-bond acceptors (Lipinski definition) is 6. The summed E-state index contributed by atoms with van der Waals surface area (Å²) in [5.41, 5.74) is 2.30. The number of piperidine rings is 1. The fourth-order valence-electron chi connectivity index (χ4n) is 4.75. The summed E-state index contributed by atoms with van der Waals surface area (Å²) in [4.78, 5) is 7.68. The first-order valence-corrected chi connectivity index (χ1v) is 11.5. The van der Waals surface area contributed by atoms with Crippen molar-refractivity contribution in [1.29, 1.82) is 0 Å². The van der Waals surface area contributed by atoms with E-state index in [0.717, 1.165) is 37.2 Å². The Hall–Kier alpha value is -2.28. The van der Waals surface area contributed by atoms with E-state index < -0.39 is 0 Å². The van der Waals surface area contributed by atoms with E-state index >= 15 is 0 Å². The highest BCUT2D eigenvalue weighted by molar-refractivity contribution is 6.31. The van der Waals surface area contributed by atoms with E-state index in [1.807, 2.05) is 18.2 Å². The number of aromatic hydroxyl groups is 1. The maximum atomic E-state index is 10.6. The summed E-state index contributed by atoms with van der Waals surface area (Å²) >= 11 is 6.27. The van der Waals surface area contributed by atoms with E-state index in [2.05, 4.69) is 30.1 Å². The first kappa shape index (κ1) is 22.9. The van der Waals surface area contributed by atoms with Crippen LogP contribution in [0, 0.1) is 0 Å². The molecule has 172 valence electrons. The molecule has 32 heavy (non-hydrogen) atoms. The van der Waals surface area contributed by atoms with Crippen LogP contribution in [0.15, 0.2) is 41.4 Å². The van der Waals surface area contributed by atoms with Crippen LogP contribution in [0.4, 0.5) is 0 Å². The average molecular weight is 458 g/mol. The first-order chi connectivity index (χ1) is 15.3. The van der Waals surface area contributed by atoms with Crippen molar-refractivity contribution < 1.29 is 14.6 Å². The Morgan fingerprint density at radius 1 is 1.09 bits per heavy atom. The van der Waals surface area contributed by atoms with Crippen LogP contribution in [0.2, 0.25) is 5.02 Å². The van der Waals surface area contributed by atoms with Crippen molar-refractivity contribution in [2.75, 3.05) is 27.3 Å². The first-order valence-electron chi connectivity index (χ1n) is 11.2. The summed E-state index contributed by atoms with van der Waals surface area (Å²) in [5.74, 6) is 1.61. The molecular weight excluding hydrogens is 426 g/mol. The highest BCUT2D eigenvalue weighted by Gasteiger charge is 2.41. The molecular formula is C25H32ClN3O3. The Labute approximate surface area is 195 Å². The van der Waals surface area contributed by atoms with Gasteiger partial charge in [-0.15, -0.1) is 0 Å². The van der Waals surface area contributed by atoms with Gasteiger partial charge < -0.3 is 19.5 Å². The van der Waals surface area contributed by atoms with Gasteiger partial charge in [-0.1, -0.05) is 17.7 Å². The second-order valence-electron chi connectivity index (χ2n) is 8.90. The van der Waals surface area contributed by atoms with Gasteiger partial charge in [0.1, 0.15) is 11.4 Å². The van der Waals surface area contributed by atoms with E-state index in [1.54, 1.807) is 26.4 Å². The quantitative estimate of drug-likeness (QED) is 0.675. The Balaban J connectivity index is 1.73. The summed E-state index contributed by atoms with van der Waals surface area (Å²) in [6.07, 6.45) is 2.44. The summed E-state index contributed by atoms with van der Waals surface area (Å²) in [6, 6.07) is 11.7. The number of nitrogens with zero attached hydrogens (tertiary/aromatic N) is 2. The number of phenols is 1. The van der Waals surface area contributed by atoms with Gasteiger partial charge in [-0.25, -0.2) is 0 Å². The summed E-state index contributed by atoms with van der Waals surface area (Å²) < 4.78 is 11.0. The van der Waals surface area contributed by atoms with Crippen molar-refractivity contribution >= 4 is 17.3 Å². The highest BCUT2D eigenvalue weighted by Crippen LogP contribution is 2.39. The number of phenolic OH excluding ortho intramolecular Hbond substituents is 1. The molecule has 1 fully saturated rings. The Morgan fingerprint density at radius 3 is 2.47 bits per heavy atom. The van der Waals surface area contributed by atoms with Crippen LogP contribution < -0.4 is 14.8 Å². The Bertz CT molecular complexity index is 1000. The number of likely N-dealkylation sites (tertiary alicyclic amines) is 1. The molecule has 2 aliphatic heterocycles. The molecule has 1 spiro atoms. The zero-order valence-corrected chi connectivity index (χ0v) is 19.9. The maximum absolute atomic E-state index is 10.6. The summed E-state index contributed by atoms with van der Waals surface area (Å²) in [5, 5.41) is 15.0. The predicted molar refractivity (Wildman–Crippen MR) is 128 cm³/mol. The third kappa shape index (κ3) is 4.58. The van der Waals surface area contributed by atoms with Gasteiger partial charge >= 0.3 is 0 Å². The van der Waals surface area contributed by atoms with Crippen LogP contribution in [-0.2, 0) is 0 Å².